The maximum Gasteiger partial charge on any atom is 0.418 e. The Balaban J connectivity index is 3.20. The highest BCUT2D eigenvalue weighted by Gasteiger charge is 2.53. The van der Waals surface area contributed by atoms with Gasteiger partial charge in [0.05, 0.1) is 22.3 Å². The van der Waals surface area contributed by atoms with E-state index < -0.39 is 69.5 Å². The minimum atomic E-state index is -6.27. The zero-order valence-electron chi connectivity index (χ0n) is 14.0. The fraction of sp³-hybridized carbons (Fsp3) is 0.250. The van der Waals surface area contributed by atoms with E-state index in [9.17, 15) is 52.7 Å². The van der Waals surface area contributed by atoms with Crippen molar-refractivity contribution in [3.63, 3.8) is 0 Å². The number of alkyl halides is 12. The van der Waals surface area contributed by atoms with Crippen LogP contribution in [-0.4, -0.2) is 0 Å². The van der Waals surface area contributed by atoms with Crippen LogP contribution in [0, 0.1) is 0 Å². The topological polar surface area (TPSA) is 52.0 Å². The zero-order valence-corrected chi connectivity index (χ0v) is 14.0. The molecule has 0 aliphatic carbocycles. The number of benzene rings is 2. The van der Waals surface area contributed by atoms with Gasteiger partial charge in [0, 0.05) is 11.4 Å². The average Bonchev–Trinajstić information content (AvgIpc) is 2.49. The highest BCUT2D eigenvalue weighted by Crippen LogP contribution is 2.53. The highest BCUT2D eigenvalue weighted by atomic mass is 19.4. The first-order valence-electron chi connectivity index (χ1n) is 7.41. The van der Waals surface area contributed by atoms with Crippen LogP contribution in [0.2, 0.25) is 0 Å². The summed E-state index contributed by atoms with van der Waals surface area (Å²) in [6, 6.07) is 0.828. The maximum absolute atomic E-state index is 13.5. The van der Waals surface area contributed by atoms with E-state index in [0.29, 0.717) is 6.07 Å². The Hall–Kier alpha value is -2.80. The van der Waals surface area contributed by atoms with E-state index in [1.807, 2.05) is 0 Å². The Morgan fingerprint density at radius 1 is 0.500 bits per heavy atom. The molecular formula is C16H8F12N2. The van der Waals surface area contributed by atoms with Crippen LogP contribution in [-0.2, 0) is 24.7 Å². The van der Waals surface area contributed by atoms with E-state index in [4.69, 9.17) is 11.5 Å². The third-order valence-corrected chi connectivity index (χ3v) is 3.85. The van der Waals surface area contributed by atoms with Crippen molar-refractivity contribution in [2.45, 2.75) is 24.7 Å². The van der Waals surface area contributed by atoms with Gasteiger partial charge in [0.1, 0.15) is 0 Å². The van der Waals surface area contributed by atoms with Gasteiger partial charge in [0.25, 0.3) is 0 Å². The summed E-state index contributed by atoms with van der Waals surface area (Å²) in [6.45, 7) is 0. The zero-order chi connectivity index (χ0) is 23.4. The predicted molar refractivity (Wildman–Crippen MR) is 80.7 cm³/mol. The Morgan fingerprint density at radius 2 is 0.967 bits per heavy atom. The summed E-state index contributed by atoms with van der Waals surface area (Å²) in [4.78, 5) is 0. The second-order valence-electron chi connectivity index (χ2n) is 5.93. The van der Waals surface area contributed by atoms with Crippen molar-refractivity contribution < 1.29 is 52.7 Å². The van der Waals surface area contributed by atoms with Gasteiger partial charge in [-0.05, 0) is 35.4 Å². The van der Waals surface area contributed by atoms with Gasteiger partial charge in [-0.2, -0.15) is 52.7 Å². The lowest BCUT2D eigenvalue weighted by molar-refractivity contribution is -0.174. The largest absolute Gasteiger partial charge is 0.418 e. The second-order valence-corrected chi connectivity index (χ2v) is 5.93. The van der Waals surface area contributed by atoms with Crippen molar-refractivity contribution in [1.29, 1.82) is 0 Å². The molecule has 0 bridgehead atoms. The molecule has 0 heterocycles. The molecule has 2 aromatic carbocycles. The minimum absolute atomic E-state index is 0.186. The first kappa shape index (κ1) is 23.5. The van der Waals surface area contributed by atoms with Gasteiger partial charge in [-0.3, -0.25) is 0 Å². The van der Waals surface area contributed by atoms with Crippen LogP contribution in [0.1, 0.15) is 22.3 Å². The lowest BCUT2D eigenvalue weighted by atomic mass is 9.87. The molecule has 0 unspecified atom stereocenters. The van der Waals surface area contributed by atoms with Gasteiger partial charge in [-0.1, -0.05) is 0 Å². The van der Waals surface area contributed by atoms with Gasteiger partial charge in [0.2, 0.25) is 0 Å². The lowest BCUT2D eigenvalue weighted by Crippen LogP contribution is -2.25. The standard InChI is InChI=1S/C16H8F12N2/c17-13(18,19)8-2-1-5(29)3-6(8)7-4-9(30)11(15(23,24)25)12(16(26,27)28)10(7)14(20,21)22/h1-4H,29-30H2. The van der Waals surface area contributed by atoms with Crippen molar-refractivity contribution in [2.24, 2.45) is 0 Å². The fourth-order valence-corrected chi connectivity index (χ4v) is 2.83. The van der Waals surface area contributed by atoms with Crippen molar-refractivity contribution >= 4 is 11.4 Å². The molecule has 30 heavy (non-hydrogen) atoms. The fourth-order valence-electron chi connectivity index (χ4n) is 2.83. The summed E-state index contributed by atoms with van der Waals surface area (Å²) in [5, 5.41) is 0. The number of rotatable bonds is 1. The number of hydrogen-bond acceptors (Lipinski definition) is 2. The summed E-state index contributed by atoms with van der Waals surface area (Å²) < 4.78 is 160. The van der Waals surface area contributed by atoms with E-state index in [-0.39, 0.29) is 18.2 Å². The molecule has 0 radical (unpaired) electrons. The van der Waals surface area contributed by atoms with Gasteiger partial charge in [-0.25, -0.2) is 0 Å². The average molecular weight is 456 g/mol. The van der Waals surface area contributed by atoms with E-state index >= 15 is 0 Å². The van der Waals surface area contributed by atoms with E-state index in [1.165, 1.54) is 0 Å². The van der Waals surface area contributed by atoms with Gasteiger partial charge >= 0.3 is 24.7 Å². The highest BCUT2D eigenvalue weighted by molar-refractivity contribution is 5.80. The molecule has 0 saturated carbocycles. The molecule has 166 valence electrons. The molecule has 0 fully saturated rings. The molecule has 0 saturated heterocycles. The Morgan fingerprint density at radius 3 is 1.37 bits per heavy atom. The van der Waals surface area contributed by atoms with E-state index in [2.05, 4.69) is 0 Å². The Labute approximate surface area is 159 Å². The van der Waals surface area contributed by atoms with Crippen LogP contribution < -0.4 is 11.5 Å². The number of nitrogens with two attached hydrogens (primary N) is 2. The second kappa shape index (κ2) is 6.87. The molecule has 0 amide bonds. The Kier molecular flexibility index (Phi) is 5.38. The summed E-state index contributed by atoms with van der Waals surface area (Å²) >= 11 is 0. The van der Waals surface area contributed by atoms with E-state index in [1.54, 1.807) is 0 Å². The van der Waals surface area contributed by atoms with E-state index in [0.717, 1.165) is 0 Å². The summed E-state index contributed by atoms with van der Waals surface area (Å²) in [5.41, 5.74) is -6.50. The van der Waals surface area contributed by atoms with Crippen molar-refractivity contribution in [3.8, 4) is 11.1 Å². The van der Waals surface area contributed by atoms with Crippen molar-refractivity contribution in [3.05, 3.63) is 46.5 Å². The summed E-state index contributed by atoms with van der Waals surface area (Å²) in [5.74, 6) is 0. The first-order valence-corrected chi connectivity index (χ1v) is 7.41. The molecule has 0 spiro atoms. The molecule has 2 aromatic rings. The van der Waals surface area contributed by atoms with Crippen molar-refractivity contribution in [1.82, 2.24) is 0 Å². The number of hydrogen-bond donors (Lipinski definition) is 2. The van der Waals surface area contributed by atoms with Gasteiger partial charge in [-0.15, -0.1) is 0 Å². The smallest absolute Gasteiger partial charge is 0.399 e. The predicted octanol–water partition coefficient (Wildman–Crippen LogP) is 6.59. The molecule has 0 aliphatic rings. The number of nitrogen functional groups attached to an aromatic ring is 2. The third-order valence-electron chi connectivity index (χ3n) is 3.85. The molecule has 0 atom stereocenters. The quantitative estimate of drug-likeness (QED) is 0.376. The maximum atomic E-state index is 13.5. The molecule has 2 rings (SSSR count). The number of halogens is 12. The van der Waals surface area contributed by atoms with Crippen LogP contribution >= 0.6 is 0 Å². The van der Waals surface area contributed by atoms with Crippen LogP contribution in [0.25, 0.3) is 11.1 Å². The van der Waals surface area contributed by atoms with Crippen LogP contribution in [0.5, 0.6) is 0 Å². The molecule has 2 nitrogen and oxygen atoms in total. The molecule has 0 aliphatic heterocycles. The van der Waals surface area contributed by atoms with Crippen molar-refractivity contribution in [2.75, 3.05) is 11.5 Å². The molecular weight excluding hydrogens is 448 g/mol. The van der Waals surface area contributed by atoms with Gasteiger partial charge in [0.15, 0.2) is 0 Å². The van der Waals surface area contributed by atoms with Crippen LogP contribution in [0.4, 0.5) is 64.1 Å². The first-order chi connectivity index (χ1) is 13.3. The van der Waals surface area contributed by atoms with Gasteiger partial charge < -0.3 is 11.5 Å². The number of anilines is 2. The third kappa shape index (κ3) is 4.36. The van der Waals surface area contributed by atoms with Crippen LogP contribution in [0.15, 0.2) is 24.3 Å². The van der Waals surface area contributed by atoms with Crippen LogP contribution in [0.3, 0.4) is 0 Å². The summed E-state index contributed by atoms with van der Waals surface area (Å²) in [6.07, 6.45) is -23.8. The monoisotopic (exact) mass is 456 g/mol. The minimum Gasteiger partial charge on any atom is -0.399 e. The Bertz CT molecular complexity index is 965. The molecule has 14 heteroatoms. The molecule has 0 aromatic heterocycles. The lowest BCUT2D eigenvalue weighted by Gasteiger charge is -2.26. The summed E-state index contributed by atoms with van der Waals surface area (Å²) in [7, 11) is 0. The molecule has 4 N–H and O–H groups in total. The SMILES string of the molecule is Nc1ccc(C(F)(F)F)c(-c2cc(N)c(C(F)(F)F)c(C(F)(F)F)c2C(F)(F)F)c1. The normalized spacial score (nSPS) is 13.6.